The second-order valence-corrected chi connectivity index (χ2v) is 6.77. The summed E-state index contributed by atoms with van der Waals surface area (Å²) in [5.74, 6) is 0. The normalized spacial score (nSPS) is 18.5. The van der Waals surface area contributed by atoms with E-state index in [-0.39, 0.29) is 4.90 Å². The summed E-state index contributed by atoms with van der Waals surface area (Å²) in [7, 11) is 0.0657. The molecule has 2 heterocycles. The van der Waals surface area contributed by atoms with Gasteiger partial charge in [-0.3, -0.25) is 4.98 Å². The van der Waals surface area contributed by atoms with Crippen molar-refractivity contribution in [1.29, 1.82) is 0 Å². The van der Waals surface area contributed by atoms with Crippen LogP contribution in [0.1, 0.15) is 0 Å². The molecule has 1 aliphatic heterocycles. The van der Waals surface area contributed by atoms with Gasteiger partial charge < -0.3 is 10.2 Å². The van der Waals surface area contributed by atoms with Gasteiger partial charge in [-0.15, -0.1) is 0 Å². The molecule has 2 rings (SSSR count). The Balaban J connectivity index is 2.37. The number of piperazine rings is 1. The number of hydrogen-bond acceptors (Lipinski definition) is 5. The van der Waals surface area contributed by atoms with E-state index in [1.165, 1.54) is 16.7 Å². The zero-order valence-electron chi connectivity index (χ0n) is 10.9. The molecule has 1 aromatic rings. The minimum atomic E-state index is -3.55. The SMILES string of the molecule is CNc1c(Cl)cncc1S(=O)(=O)N1CCN(C)CC1. The van der Waals surface area contributed by atoms with Gasteiger partial charge in [-0.2, -0.15) is 4.31 Å². The second-order valence-electron chi connectivity index (χ2n) is 4.45. The molecular weight excluding hydrogens is 288 g/mol. The second kappa shape index (κ2) is 5.62. The fourth-order valence-electron chi connectivity index (χ4n) is 2.02. The van der Waals surface area contributed by atoms with Gasteiger partial charge in [-0.25, -0.2) is 8.42 Å². The summed E-state index contributed by atoms with van der Waals surface area (Å²) < 4.78 is 26.7. The Morgan fingerprint density at radius 1 is 1.26 bits per heavy atom. The monoisotopic (exact) mass is 304 g/mol. The Morgan fingerprint density at radius 3 is 2.47 bits per heavy atom. The molecule has 1 fully saturated rings. The number of pyridine rings is 1. The highest BCUT2D eigenvalue weighted by atomic mass is 35.5. The van der Waals surface area contributed by atoms with Crippen LogP contribution in [0.25, 0.3) is 0 Å². The minimum Gasteiger partial charge on any atom is -0.386 e. The van der Waals surface area contributed by atoms with Crippen molar-refractivity contribution in [3.05, 3.63) is 17.4 Å². The molecule has 1 N–H and O–H groups in total. The predicted molar refractivity (Wildman–Crippen MR) is 75.0 cm³/mol. The summed E-state index contributed by atoms with van der Waals surface area (Å²) >= 11 is 5.98. The molecule has 0 saturated carbocycles. The van der Waals surface area contributed by atoms with E-state index in [0.29, 0.717) is 23.8 Å². The summed E-state index contributed by atoms with van der Waals surface area (Å²) in [6.45, 7) is 2.41. The van der Waals surface area contributed by atoms with Gasteiger partial charge in [-0.1, -0.05) is 11.6 Å². The van der Waals surface area contributed by atoms with Crippen LogP contribution in [0.2, 0.25) is 5.02 Å². The van der Waals surface area contributed by atoms with Crippen LogP contribution in [-0.2, 0) is 10.0 Å². The lowest BCUT2D eigenvalue weighted by Gasteiger charge is -2.31. The molecule has 1 aliphatic rings. The van der Waals surface area contributed by atoms with E-state index in [1.54, 1.807) is 7.05 Å². The molecule has 106 valence electrons. The molecule has 0 bridgehead atoms. The number of halogens is 1. The number of sulfonamides is 1. The zero-order chi connectivity index (χ0) is 14.0. The summed E-state index contributed by atoms with van der Waals surface area (Å²) in [4.78, 5) is 6.11. The van der Waals surface area contributed by atoms with Gasteiger partial charge >= 0.3 is 0 Å². The van der Waals surface area contributed by atoms with Crippen molar-refractivity contribution in [3.8, 4) is 0 Å². The molecule has 1 aromatic heterocycles. The third-order valence-corrected chi connectivity index (χ3v) is 5.39. The number of anilines is 1. The summed E-state index contributed by atoms with van der Waals surface area (Å²) in [5.41, 5.74) is 0.399. The van der Waals surface area contributed by atoms with E-state index in [0.717, 1.165) is 13.1 Å². The summed E-state index contributed by atoms with van der Waals surface area (Å²) in [6, 6.07) is 0. The van der Waals surface area contributed by atoms with Crippen molar-refractivity contribution in [2.45, 2.75) is 4.90 Å². The van der Waals surface area contributed by atoms with E-state index in [2.05, 4.69) is 15.2 Å². The standard InChI is InChI=1S/C11H17ClN4O2S/c1-13-11-9(12)7-14-8-10(11)19(17,18)16-5-3-15(2)4-6-16/h7-8H,3-6H2,1-2H3,(H,13,14). The first-order valence-corrected chi connectivity index (χ1v) is 7.78. The van der Waals surface area contributed by atoms with Crippen molar-refractivity contribution in [2.24, 2.45) is 0 Å². The largest absolute Gasteiger partial charge is 0.386 e. The van der Waals surface area contributed by atoms with Gasteiger partial charge in [0.1, 0.15) is 4.90 Å². The van der Waals surface area contributed by atoms with Crippen LogP contribution in [0.3, 0.4) is 0 Å². The van der Waals surface area contributed by atoms with Crippen LogP contribution in [0.4, 0.5) is 5.69 Å². The lowest BCUT2D eigenvalue weighted by molar-refractivity contribution is 0.222. The number of aromatic nitrogens is 1. The lowest BCUT2D eigenvalue weighted by atomic mass is 10.4. The molecular formula is C11H17ClN4O2S. The van der Waals surface area contributed by atoms with E-state index in [4.69, 9.17) is 11.6 Å². The van der Waals surface area contributed by atoms with Crippen molar-refractivity contribution in [3.63, 3.8) is 0 Å². The minimum absolute atomic E-state index is 0.132. The molecule has 19 heavy (non-hydrogen) atoms. The van der Waals surface area contributed by atoms with Crippen molar-refractivity contribution in [2.75, 3.05) is 45.6 Å². The van der Waals surface area contributed by atoms with Crippen molar-refractivity contribution in [1.82, 2.24) is 14.2 Å². The number of likely N-dealkylation sites (N-methyl/N-ethyl adjacent to an activating group) is 1. The van der Waals surface area contributed by atoms with E-state index < -0.39 is 10.0 Å². The number of rotatable bonds is 3. The van der Waals surface area contributed by atoms with Gasteiger partial charge in [0.05, 0.1) is 10.7 Å². The maximum absolute atomic E-state index is 12.6. The Hall–Kier alpha value is -0.890. The quantitative estimate of drug-likeness (QED) is 0.891. The first-order valence-electron chi connectivity index (χ1n) is 5.96. The molecule has 0 atom stereocenters. The highest BCUT2D eigenvalue weighted by molar-refractivity contribution is 7.89. The third-order valence-electron chi connectivity index (χ3n) is 3.19. The average molecular weight is 305 g/mol. The number of hydrogen-bond donors (Lipinski definition) is 1. The van der Waals surface area contributed by atoms with Crippen LogP contribution in [0, 0.1) is 0 Å². The maximum Gasteiger partial charge on any atom is 0.246 e. The molecule has 0 amide bonds. The molecule has 1 saturated heterocycles. The number of nitrogens with zero attached hydrogens (tertiary/aromatic N) is 3. The first kappa shape index (κ1) is 14.5. The van der Waals surface area contributed by atoms with E-state index in [9.17, 15) is 8.42 Å². The predicted octanol–water partition coefficient (Wildman–Crippen LogP) is 0.713. The van der Waals surface area contributed by atoms with Crippen LogP contribution in [0.5, 0.6) is 0 Å². The van der Waals surface area contributed by atoms with Crippen LogP contribution < -0.4 is 5.32 Å². The Labute approximate surface area is 118 Å². The van der Waals surface area contributed by atoms with Crippen LogP contribution in [0.15, 0.2) is 17.3 Å². The van der Waals surface area contributed by atoms with Gasteiger partial charge in [0.2, 0.25) is 10.0 Å². The highest BCUT2D eigenvalue weighted by Gasteiger charge is 2.30. The zero-order valence-corrected chi connectivity index (χ0v) is 12.5. The van der Waals surface area contributed by atoms with Gasteiger partial charge in [0.15, 0.2) is 0 Å². The summed E-state index contributed by atoms with van der Waals surface area (Å²) in [5, 5.41) is 3.13. The smallest absolute Gasteiger partial charge is 0.246 e. The molecule has 0 unspecified atom stereocenters. The van der Waals surface area contributed by atoms with Crippen LogP contribution >= 0.6 is 11.6 Å². The highest BCUT2D eigenvalue weighted by Crippen LogP contribution is 2.30. The molecule has 6 nitrogen and oxygen atoms in total. The van der Waals surface area contributed by atoms with Gasteiger partial charge in [-0.05, 0) is 7.05 Å². The molecule has 0 radical (unpaired) electrons. The first-order chi connectivity index (χ1) is 8.96. The van der Waals surface area contributed by atoms with E-state index in [1.807, 2.05) is 7.05 Å². The Bertz CT molecular complexity index is 556. The van der Waals surface area contributed by atoms with Gasteiger partial charge in [0, 0.05) is 45.6 Å². The average Bonchev–Trinajstić information content (AvgIpc) is 2.39. The fourth-order valence-corrected chi connectivity index (χ4v) is 3.92. The third kappa shape index (κ3) is 2.84. The summed E-state index contributed by atoms with van der Waals surface area (Å²) in [6.07, 6.45) is 2.77. The molecule has 8 heteroatoms. The van der Waals surface area contributed by atoms with Crippen molar-refractivity contribution < 1.29 is 8.42 Å². The molecule has 0 aromatic carbocycles. The Kier molecular flexibility index (Phi) is 4.29. The van der Waals surface area contributed by atoms with Crippen LogP contribution in [-0.4, -0.2) is 62.9 Å². The fraction of sp³-hybridized carbons (Fsp3) is 0.545. The molecule has 0 spiro atoms. The van der Waals surface area contributed by atoms with E-state index >= 15 is 0 Å². The Morgan fingerprint density at radius 2 is 1.89 bits per heavy atom. The topological polar surface area (TPSA) is 65.5 Å². The maximum atomic E-state index is 12.6. The van der Waals surface area contributed by atoms with Crippen molar-refractivity contribution >= 4 is 27.3 Å². The molecule has 0 aliphatic carbocycles. The number of nitrogens with one attached hydrogen (secondary N) is 1. The lowest BCUT2D eigenvalue weighted by Crippen LogP contribution is -2.47. The van der Waals surface area contributed by atoms with Gasteiger partial charge in [0.25, 0.3) is 0 Å².